The smallest absolute Gasteiger partial charge is 0.149 e. The van der Waals surface area contributed by atoms with Crippen molar-refractivity contribution in [3.63, 3.8) is 0 Å². The zero-order valence-corrected chi connectivity index (χ0v) is 9.43. The highest BCUT2D eigenvalue weighted by Gasteiger charge is 2.07. The number of nitrogens with zero attached hydrogens (tertiary/aromatic N) is 2. The summed E-state index contributed by atoms with van der Waals surface area (Å²) in [6.07, 6.45) is 2.95. The van der Waals surface area contributed by atoms with E-state index in [9.17, 15) is 4.39 Å². The molecule has 0 fully saturated rings. The summed E-state index contributed by atoms with van der Waals surface area (Å²) >= 11 is 0. The fourth-order valence-electron chi connectivity index (χ4n) is 1.78. The molecule has 90 valence electrons. The van der Waals surface area contributed by atoms with Crippen LogP contribution in [-0.4, -0.2) is 9.97 Å². The lowest BCUT2D eigenvalue weighted by atomic mass is 10.2. The van der Waals surface area contributed by atoms with Crippen molar-refractivity contribution in [1.82, 2.24) is 9.97 Å². The highest BCUT2D eigenvalue weighted by Crippen LogP contribution is 2.21. The third-order valence-corrected chi connectivity index (χ3v) is 2.63. The van der Waals surface area contributed by atoms with Gasteiger partial charge in [0.15, 0.2) is 0 Å². The van der Waals surface area contributed by atoms with Crippen LogP contribution in [0.5, 0.6) is 0 Å². The van der Waals surface area contributed by atoms with Crippen LogP contribution in [0.4, 0.5) is 10.2 Å². The van der Waals surface area contributed by atoms with Crippen molar-refractivity contribution in [2.75, 3.05) is 5.32 Å². The Balaban J connectivity index is 1.94. The molecule has 2 heterocycles. The quantitative estimate of drug-likeness (QED) is 0.768. The number of halogens is 1. The Morgan fingerprint density at radius 1 is 1.17 bits per heavy atom. The number of aromatic nitrogens is 2. The molecular formula is C13H10FN3O. The normalized spacial score (nSPS) is 10.7. The van der Waals surface area contributed by atoms with Crippen molar-refractivity contribution < 1.29 is 8.81 Å². The Hall–Kier alpha value is -2.43. The fourth-order valence-corrected chi connectivity index (χ4v) is 1.78. The van der Waals surface area contributed by atoms with Gasteiger partial charge in [0, 0.05) is 5.39 Å². The standard InChI is InChI=1S/C13H10FN3O/c14-11-5-1-4-10-12(11)16-8-17-13(10)15-7-9-3-2-6-18-9/h1-6,8H,7H2,(H,15,16,17). The van der Waals surface area contributed by atoms with Crippen LogP contribution in [0.15, 0.2) is 47.3 Å². The van der Waals surface area contributed by atoms with E-state index >= 15 is 0 Å². The van der Waals surface area contributed by atoms with Gasteiger partial charge in [0.1, 0.15) is 29.2 Å². The molecule has 0 amide bonds. The van der Waals surface area contributed by atoms with E-state index in [1.807, 2.05) is 12.1 Å². The summed E-state index contributed by atoms with van der Waals surface area (Å²) in [7, 11) is 0. The minimum Gasteiger partial charge on any atom is -0.467 e. The average molecular weight is 243 g/mol. The van der Waals surface area contributed by atoms with E-state index in [1.54, 1.807) is 18.4 Å². The van der Waals surface area contributed by atoms with E-state index in [0.29, 0.717) is 23.3 Å². The Kier molecular flexibility index (Phi) is 2.64. The number of rotatable bonds is 3. The van der Waals surface area contributed by atoms with Gasteiger partial charge in [0.05, 0.1) is 12.8 Å². The summed E-state index contributed by atoms with van der Waals surface area (Å²) in [5.74, 6) is 1.03. The number of fused-ring (bicyclic) bond motifs is 1. The minimum absolute atomic E-state index is 0.314. The van der Waals surface area contributed by atoms with Crippen LogP contribution in [0, 0.1) is 5.82 Å². The molecule has 0 aliphatic carbocycles. The maximum absolute atomic E-state index is 13.5. The Morgan fingerprint density at radius 3 is 2.94 bits per heavy atom. The molecular weight excluding hydrogens is 233 g/mol. The predicted molar refractivity (Wildman–Crippen MR) is 65.5 cm³/mol. The molecule has 1 aromatic carbocycles. The Morgan fingerprint density at radius 2 is 2.11 bits per heavy atom. The topological polar surface area (TPSA) is 51.0 Å². The van der Waals surface area contributed by atoms with Gasteiger partial charge in [-0.1, -0.05) is 6.07 Å². The lowest BCUT2D eigenvalue weighted by molar-refractivity contribution is 0.518. The Labute approximate surface area is 102 Å². The molecule has 3 rings (SSSR count). The number of nitrogens with one attached hydrogen (secondary N) is 1. The van der Waals surface area contributed by atoms with Gasteiger partial charge in [-0.25, -0.2) is 14.4 Å². The monoisotopic (exact) mass is 243 g/mol. The number of benzene rings is 1. The highest BCUT2D eigenvalue weighted by atomic mass is 19.1. The SMILES string of the molecule is Fc1cccc2c(NCc3ccco3)ncnc12. The van der Waals surface area contributed by atoms with E-state index in [2.05, 4.69) is 15.3 Å². The van der Waals surface area contributed by atoms with Crippen LogP contribution >= 0.6 is 0 Å². The van der Waals surface area contributed by atoms with Gasteiger partial charge in [0.2, 0.25) is 0 Å². The molecule has 0 saturated heterocycles. The molecule has 0 saturated carbocycles. The molecule has 0 radical (unpaired) electrons. The van der Waals surface area contributed by atoms with Crippen LogP contribution in [0.25, 0.3) is 10.9 Å². The molecule has 18 heavy (non-hydrogen) atoms. The zero-order valence-electron chi connectivity index (χ0n) is 9.43. The van der Waals surface area contributed by atoms with Crippen molar-refractivity contribution in [2.45, 2.75) is 6.54 Å². The molecule has 2 aromatic heterocycles. The molecule has 0 unspecified atom stereocenters. The first kappa shape index (κ1) is 10.7. The molecule has 4 nitrogen and oxygen atoms in total. The first-order valence-corrected chi connectivity index (χ1v) is 5.50. The van der Waals surface area contributed by atoms with Crippen LogP contribution in [0.1, 0.15) is 5.76 Å². The third-order valence-electron chi connectivity index (χ3n) is 2.63. The molecule has 5 heteroatoms. The zero-order chi connectivity index (χ0) is 12.4. The van der Waals surface area contributed by atoms with E-state index in [4.69, 9.17) is 4.42 Å². The maximum atomic E-state index is 13.5. The van der Waals surface area contributed by atoms with Crippen LogP contribution < -0.4 is 5.32 Å². The van der Waals surface area contributed by atoms with Crippen molar-refractivity contribution in [2.24, 2.45) is 0 Å². The molecule has 0 spiro atoms. The highest BCUT2D eigenvalue weighted by molar-refractivity contribution is 5.89. The second kappa shape index (κ2) is 4.44. The second-order valence-corrected chi connectivity index (χ2v) is 3.79. The molecule has 0 atom stereocenters. The first-order valence-electron chi connectivity index (χ1n) is 5.50. The van der Waals surface area contributed by atoms with Crippen molar-refractivity contribution >= 4 is 16.7 Å². The van der Waals surface area contributed by atoms with E-state index < -0.39 is 0 Å². The lowest BCUT2D eigenvalue weighted by Crippen LogP contribution is -2.02. The number of para-hydroxylation sites is 1. The van der Waals surface area contributed by atoms with E-state index in [1.165, 1.54) is 12.4 Å². The largest absolute Gasteiger partial charge is 0.467 e. The number of hydrogen-bond donors (Lipinski definition) is 1. The molecule has 0 aliphatic rings. The summed E-state index contributed by atoms with van der Waals surface area (Å²) in [5, 5.41) is 3.76. The molecule has 0 aliphatic heterocycles. The number of hydrogen-bond acceptors (Lipinski definition) is 4. The summed E-state index contributed by atoms with van der Waals surface area (Å²) < 4.78 is 18.8. The minimum atomic E-state index is -0.351. The van der Waals surface area contributed by atoms with Crippen LogP contribution in [-0.2, 0) is 6.54 Å². The summed E-state index contributed by atoms with van der Waals surface area (Å²) in [4.78, 5) is 8.05. The van der Waals surface area contributed by atoms with Crippen molar-refractivity contribution in [1.29, 1.82) is 0 Å². The molecule has 0 bridgehead atoms. The van der Waals surface area contributed by atoms with Crippen molar-refractivity contribution in [3.8, 4) is 0 Å². The van der Waals surface area contributed by atoms with Gasteiger partial charge >= 0.3 is 0 Å². The van der Waals surface area contributed by atoms with Gasteiger partial charge < -0.3 is 9.73 Å². The molecule has 1 N–H and O–H groups in total. The lowest BCUT2D eigenvalue weighted by Gasteiger charge is -2.06. The van der Waals surface area contributed by atoms with Crippen LogP contribution in [0.2, 0.25) is 0 Å². The Bertz CT molecular complexity index is 667. The predicted octanol–water partition coefficient (Wildman–Crippen LogP) is 2.97. The maximum Gasteiger partial charge on any atom is 0.149 e. The van der Waals surface area contributed by atoms with Gasteiger partial charge in [-0.05, 0) is 24.3 Å². The number of furan rings is 1. The van der Waals surface area contributed by atoms with Crippen molar-refractivity contribution in [3.05, 3.63) is 54.5 Å². The van der Waals surface area contributed by atoms with E-state index in [0.717, 1.165) is 5.76 Å². The summed E-state index contributed by atoms with van der Waals surface area (Å²) in [6.45, 7) is 0.496. The number of anilines is 1. The third kappa shape index (κ3) is 1.90. The first-order chi connectivity index (χ1) is 8.84. The fraction of sp³-hybridized carbons (Fsp3) is 0.0769. The van der Waals surface area contributed by atoms with Gasteiger partial charge in [-0.3, -0.25) is 0 Å². The van der Waals surface area contributed by atoms with Crippen LogP contribution in [0.3, 0.4) is 0 Å². The average Bonchev–Trinajstić information content (AvgIpc) is 2.90. The van der Waals surface area contributed by atoms with Gasteiger partial charge in [0.25, 0.3) is 0 Å². The summed E-state index contributed by atoms with van der Waals surface area (Å²) in [5.41, 5.74) is 0.314. The summed E-state index contributed by atoms with van der Waals surface area (Å²) in [6, 6.07) is 8.47. The molecule has 3 aromatic rings. The second-order valence-electron chi connectivity index (χ2n) is 3.79. The van der Waals surface area contributed by atoms with Gasteiger partial charge in [-0.15, -0.1) is 0 Å². The van der Waals surface area contributed by atoms with Gasteiger partial charge in [-0.2, -0.15) is 0 Å². The van der Waals surface area contributed by atoms with E-state index in [-0.39, 0.29) is 5.82 Å².